The van der Waals surface area contributed by atoms with Crippen molar-refractivity contribution in [1.82, 2.24) is 5.43 Å². The Morgan fingerprint density at radius 3 is 2.50 bits per heavy atom. The lowest BCUT2D eigenvalue weighted by molar-refractivity contribution is 0.0954. The molecule has 0 aliphatic carbocycles. The summed E-state index contributed by atoms with van der Waals surface area (Å²) in [6, 6.07) is 17.9. The van der Waals surface area contributed by atoms with Crippen molar-refractivity contribution in [1.29, 1.82) is 0 Å². The number of methoxy groups -OCH3 is 1. The van der Waals surface area contributed by atoms with Crippen LogP contribution in [-0.2, 0) is 6.61 Å². The zero-order chi connectivity index (χ0) is 22.9. The fourth-order valence-electron chi connectivity index (χ4n) is 2.80. The van der Waals surface area contributed by atoms with Crippen LogP contribution in [-0.4, -0.2) is 25.8 Å². The molecule has 0 heterocycles. The van der Waals surface area contributed by atoms with Gasteiger partial charge in [-0.1, -0.05) is 39.7 Å². The highest BCUT2D eigenvalue weighted by atomic mass is 79.9. The monoisotopic (exact) mass is 516 g/mol. The van der Waals surface area contributed by atoms with Crippen molar-refractivity contribution in [3.8, 4) is 17.2 Å². The number of carbonyl (C=O) groups is 1. The molecule has 6 nitrogen and oxygen atoms in total. The van der Waals surface area contributed by atoms with E-state index < -0.39 is 0 Å². The number of rotatable bonds is 9. The summed E-state index contributed by atoms with van der Waals surface area (Å²) >= 11 is 9.37. The van der Waals surface area contributed by atoms with Gasteiger partial charge in [-0.25, -0.2) is 5.43 Å². The minimum Gasteiger partial charge on any atom is -0.493 e. The SMILES string of the molecule is CCOc1ccc(C(=O)N/N=C/c2cc(Br)ccc2OCc2ccc(Cl)cc2)cc1OC. The molecule has 0 aliphatic heterocycles. The van der Waals surface area contributed by atoms with Gasteiger partial charge in [-0.05, 0) is 61.0 Å². The molecule has 0 radical (unpaired) electrons. The summed E-state index contributed by atoms with van der Waals surface area (Å²) < 4.78 is 17.6. The van der Waals surface area contributed by atoms with E-state index in [4.69, 9.17) is 25.8 Å². The van der Waals surface area contributed by atoms with E-state index in [0.717, 1.165) is 10.0 Å². The molecule has 0 fully saturated rings. The lowest BCUT2D eigenvalue weighted by atomic mass is 10.2. The second-order valence-corrected chi connectivity index (χ2v) is 7.95. The van der Waals surface area contributed by atoms with E-state index >= 15 is 0 Å². The molecule has 32 heavy (non-hydrogen) atoms. The Balaban J connectivity index is 1.68. The van der Waals surface area contributed by atoms with Gasteiger partial charge in [0.25, 0.3) is 5.91 Å². The van der Waals surface area contributed by atoms with Crippen LogP contribution in [0, 0.1) is 0 Å². The van der Waals surface area contributed by atoms with E-state index in [2.05, 4.69) is 26.5 Å². The van der Waals surface area contributed by atoms with Gasteiger partial charge in [0.05, 0.1) is 19.9 Å². The average molecular weight is 518 g/mol. The van der Waals surface area contributed by atoms with Crippen LogP contribution in [0.3, 0.4) is 0 Å². The lowest BCUT2D eigenvalue weighted by Gasteiger charge is -2.11. The van der Waals surface area contributed by atoms with Crippen LogP contribution in [0.2, 0.25) is 5.02 Å². The van der Waals surface area contributed by atoms with Crippen LogP contribution in [0.5, 0.6) is 17.2 Å². The first-order chi connectivity index (χ1) is 15.5. The van der Waals surface area contributed by atoms with Crippen molar-refractivity contribution in [2.24, 2.45) is 5.10 Å². The van der Waals surface area contributed by atoms with Gasteiger partial charge in [0.2, 0.25) is 0 Å². The molecule has 8 heteroatoms. The number of nitrogens with one attached hydrogen (secondary N) is 1. The van der Waals surface area contributed by atoms with Crippen LogP contribution >= 0.6 is 27.5 Å². The zero-order valence-electron chi connectivity index (χ0n) is 17.6. The van der Waals surface area contributed by atoms with Crippen molar-refractivity contribution in [2.45, 2.75) is 13.5 Å². The van der Waals surface area contributed by atoms with Gasteiger partial charge in [0.15, 0.2) is 11.5 Å². The minimum atomic E-state index is -0.374. The molecule has 0 saturated carbocycles. The first-order valence-corrected chi connectivity index (χ1v) is 11.0. The largest absolute Gasteiger partial charge is 0.493 e. The molecule has 3 rings (SSSR count). The summed E-state index contributed by atoms with van der Waals surface area (Å²) in [7, 11) is 1.52. The fraction of sp³-hybridized carbons (Fsp3) is 0.167. The Hall–Kier alpha value is -3.03. The van der Waals surface area contributed by atoms with Gasteiger partial charge in [0, 0.05) is 20.6 Å². The molecule has 0 unspecified atom stereocenters. The van der Waals surface area contributed by atoms with Crippen LogP contribution in [0.4, 0.5) is 0 Å². The summed E-state index contributed by atoms with van der Waals surface area (Å²) in [5, 5.41) is 4.76. The van der Waals surface area contributed by atoms with Crippen molar-refractivity contribution < 1.29 is 19.0 Å². The van der Waals surface area contributed by atoms with Crippen LogP contribution in [0.1, 0.15) is 28.4 Å². The number of carbonyl (C=O) groups excluding carboxylic acids is 1. The molecule has 0 aliphatic rings. The molecule has 1 amide bonds. The molecule has 1 N–H and O–H groups in total. The van der Waals surface area contributed by atoms with E-state index in [1.54, 1.807) is 18.2 Å². The number of hydrogen-bond acceptors (Lipinski definition) is 5. The van der Waals surface area contributed by atoms with E-state index in [1.807, 2.05) is 49.4 Å². The number of hydrazone groups is 1. The summed E-state index contributed by atoms with van der Waals surface area (Å²) in [6.45, 7) is 2.75. The molecule has 3 aromatic rings. The quantitative estimate of drug-likeness (QED) is 0.285. The number of benzene rings is 3. The summed E-state index contributed by atoms with van der Waals surface area (Å²) in [5.74, 6) is 1.31. The Morgan fingerprint density at radius 2 is 1.78 bits per heavy atom. The van der Waals surface area contributed by atoms with Gasteiger partial charge >= 0.3 is 0 Å². The van der Waals surface area contributed by atoms with Crippen LogP contribution in [0.15, 0.2) is 70.2 Å². The molecule has 0 bridgehead atoms. The number of ether oxygens (including phenoxy) is 3. The maximum Gasteiger partial charge on any atom is 0.271 e. The molecular weight excluding hydrogens is 496 g/mol. The van der Waals surface area contributed by atoms with E-state index in [1.165, 1.54) is 13.3 Å². The predicted octanol–water partition coefficient (Wildman–Crippen LogP) is 5.85. The molecule has 0 aromatic heterocycles. The number of halogens is 2. The third kappa shape index (κ3) is 6.48. The maximum absolute atomic E-state index is 12.5. The highest BCUT2D eigenvalue weighted by Crippen LogP contribution is 2.28. The highest BCUT2D eigenvalue weighted by Gasteiger charge is 2.11. The summed E-state index contributed by atoms with van der Waals surface area (Å²) in [6.07, 6.45) is 1.53. The smallest absolute Gasteiger partial charge is 0.271 e. The zero-order valence-corrected chi connectivity index (χ0v) is 19.9. The van der Waals surface area contributed by atoms with E-state index in [9.17, 15) is 4.79 Å². The number of amides is 1. The Morgan fingerprint density at radius 1 is 1.03 bits per heavy atom. The molecule has 166 valence electrons. The summed E-state index contributed by atoms with van der Waals surface area (Å²) in [5.41, 5.74) is 4.62. The van der Waals surface area contributed by atoms with Crippen LogP contribution < -0.4 is 19.6 Å². The fourth-order valence-corrected chi connectivity index (χ4v) is 3.31. The molecule has 3 aromatic carbocycles. The van der Waals surface area contributed by atoms with E-state index in [0.29, 0.717) is 46.6 Å². The van der Waals surface area contributed by atoms with Crippen molar-refractivity contribution >= 4 is 39.7 Å². The topological polar surface area (TPSA) is 69.2 Å². The first-order valence-electron chi connectivity index (χ1n) is 9.81. The second-order valence-electron chi connectivity index (χ2n) is 6.60. The third-order valence-electron chi connectivity index (χ3n) is 4.37. The highest BCUT2D eigenvalue weighted by molar-refractivity contribution is 9.10. The molecule has 0 spiro atoms. The molecule has 0 saturated heterocycles. The van der Waals surface area contributed by atoms with Gasteiger partial charge in [0.1, 0.15) is 12.4 Å². The first kappa shape index (κ1) is 23.6. The van der Waals surface area contributed by atoms with Gasteiger partial charge in [-0.3, -0.25) is 4.79 Å². The van der Waals surface area contributed by atoms with Gasteiger partial charge < -0.3 is 14.2 Å². The van der Waals surface area contributed by atoms with Crippen molar-refractivity contribution in [3.05, 3.63) is 86.8 Å². The third-order valence-corrected chi connectivity index (χ3v) is 5.12. The Kier molecular flexibility index (Phi) is 8.53. The second kappa shape index (κ2) is 11.5. The Bertz CT molecular complexity index is 1100. The standard InChI is InChI=1S/C24H22BrClN2O4/c1-3-31-22-10-6-17(13-23(22)30-2)24(29)28-27-14-18-12-19(25)7-11-21(18)32-15-16-4-8-20(26)9-5-16/h4-14H,3,15H2,1-2H3,(H,28,29)/b27-14+. The van der Waals surface area contributed by atoms with Crippen molar-refractivity contribution in [2.75, 3.05) is 13.7 Å². The van der Waals surface area contributed by atoms with Crippen molar-refractivity contribution in [3.63, 3.8) is 0 Å². The Labute approximate surface area is 200 Å². The average Bonchev–Trinajstić information content (AvgIpc) is 2.80. The summed E-state index contributed by atoms with van der Waals surface area (Å²) in [4.78, 5) is 12.5. The predicted molar refractivity (Wildman–Crippen MR) is 129 cm³/mol. The number of hydrogen-bond donors (Lipinski definition) is 1. The van der Waals surface area contributed by atoms with Gasteiger partial charge in [-0.15, -0.1) is 0 Å². The maximum atomic E-state index is 12.5. The minimum absolute atomic E-state index is 0.373. The number of nitrogens with zero attached hydrogens (tertiary/aromatic N) is 1. The normalized spacial score (nSPS) is 10.8. The van der Waals surface area contributed by atoms with Crippen LogP contribution in [0.25, 0.3) is 0 Å². The van der Waals surface area contributed by atoms with E-state index in [-0.39, 0.29) is 5.91 Å². The molecule has 0 atom stereocenters. The van der Waals surface area contributed by atoms with Gasteiger partial charge in [-0.2, -0.15) is 5.10 Å². The molecular formula is C24H22BrClN2O4. The lowest BCUT2D eigenvalue weighted by Crippen LogP contribution is -2.17.